The maximum atomic E-state index is 10.9. The summed E-state index contributed by atoms with van der Waals surface area (Å²) in [7, 11) is 0. The van der Waals surface area contributed by atoms with Crippen molar-refractivity contribution >= 4 is 5.78 Å². The molecule has 6 heteroatoms. The second-order valence-corrected chi connectivity index (χ2v) is 2.60. The van der Waals surface area contributed by atoms with E-state index in [9.17, 15) is 9.90 Å². The van der Waals surface area contributed by atoms with Crippen molar-refractivity contribution in [2.24, 2.45) is 0 Å². The SMILES string of the molecule is O=C1[C@@H](CO)O[C@](O)(CO)[C@H]1O. The third kappa shape index (κ3) is 1.23. The van der Waals surface area contributed by atoms with Crippen LogP contribution in [0.15, 0.2) is 0 Å². The zero-order valence-electron chi connectivity index (χ0n) is 6.17. The monoisotopic (exact) mass is 178 g/mol. The number of ketones is 1. The summed E-state index contributed by atoms with van der Waals surface area (Å²) in [5.74, 6) is -3.08. The highest BCUT2D eigenvalue weighted by Crippen LogP contribution is 2.24. The number of hydrogen-bond acceptors (Lipinski definition) is 6. The molecule has 70 valence electrons. The third-order valence-electron chi connectivity index (χ3n) is 1.75. The van der Waals surface area contributed by atoms with E-state index in [2.05, 4.69) is 4.74 Å². The molecule has 4 N–H and O–H groups in total. The lowest BCUT2D eigenvalue weighted by molar-refractivity contribution is -0.247. The van der Waals surface area contributed by atoms with Crippen molar-refractivity contribution in [3.05, 3.63) is 0 Å². The van der Waals surface area contributed by atoms with Gasteiger partial charge in [0, 0.05) is 0 Å². The second-order valence-electron chi connectivity index (χ2n) is 2.60. The van der Waals surface area contributed by atoms with Crippen LogP contribution in [0.1, 0.15) is 0 Å². The topological polar surface area (TPSA) is 107 Å². The molecule has 0 radical (unpaired) electrons. The van der Waals surface area contributed by atoms with Gasteiger partial charge in [0.1, 0.15) is 12.7 Å². The molecule has 1 aliphatic heterocycles. The molecule has 1 saturated heterocycles. The largest absolute Gasteiger partial charge is 0.393 e. The van der Waals surface area contributed by atoms with Gasteiger partial charge in [-0.25, -0.2) is 0 Å². The molecule has 1 fully saturated rings. The van der Waals surface area contributed by atoms with E-state index in [0.29, 0.717) is 0 Å². The first kappa shape index (κ1) is 9.56. The lowest BCUT2D eigenvalue weighted by atomic mass is 10.1. The van der Waals surface area contributed by atoms with Crippen molar-refractivity contribution in [2.45, 2.75) is 18.0 Å². The Kier molecular flexibility index (Phi) is 2.45. The zero-order chi connectivity index (χ0) is 9.35. The van der Waals surface area contributed by atoms with Crippen LogP contribution < -0.4 is 0 Å². The van der Waals surface area contributed by atoms with E-state index in [4.69, 9.17) is 15.3 Å². The van der Waals surface area contributed by atoms with Gasteiger partial charge in [-0.1, -0.05) is 0 Å². The van der Waals surface area contributed by atoms with E-state index in [-0.39, 0.29) is 0 Å². The van der Waals surface area contributed by atoms with Crippen LogP contribution in [0.2, 0.25) is 0 Å². The van der Waals surface area contributed by atoms with Gasteiger partial charge in [0.05, 0.1) is 6.61 Å². The molecule has 6 nitrogen and oxygen atoms in total. The molecule has 0 spiro atoms. The summed E-state index contributed by atoms with van der Waals surface area (Å²) in [5.41, 5.74) is 0. The molecule has 1 heterocycles. The Morgan fingerprint density at radius 1 is 1.50 bits per heavy atom. The van der Waals surface area contributed by atoms with Crippen molar-refractivity contribution in [3.63, 3.8) is 0 Å². The molecule has 0 aromatic carbocycles. The van der Waals surface area contributed by atoms with E-state index >= 15 is 0 Å². The van der Waals surface area contributed by atoms with Crippen molar-refractivity contribution in [1.29, 1.82) is 0 Å². The number of Topliss-reactive ketones (excluding diaryl/α,β-unsaturated/α-hetero) is 1. The molecule has 0 unspecified atom stereocenters. The molecule has 0 amide bonds. The van der Waals surface area contributed by atoms with Crippen LogP contribution in [-0.4, -0.2) is 57.4 Å². The van der Waals surface area contributed by atoms with Gasteiger partial charge in [0.25, 0.3) is 0 Å². The minimum absolute atomic E-state index is 0.627. The number of carbonyl (C=O) groups excluding carboxylic acids is 1. The van der Waals surface area contributed by atoms with Crippen molar-refractivity contribution < 1.29 is 30.0 Å². The third-order valence-corrected chi connectivity index (χ3v) is 1.75. The van der Waals surface area contributed by atoms with Gasteiger partial charge in [-0.15, -0.1) is 0 Å². The average molecular weight is 178 g/mol. The number of aliphatic hydroxyl groups is 4. The minimum Gasteiger partial charge on any atom is -0.393 e. The lowest BCUT2D eigenvalue weighted by Gasteiger charge is -2.21. The number of hydrogen-bond donors (Lipinski definition) is 4. The Balaban J connectivity index is 2.80. The quantitative estimate of drug-likeness (QED) is 0.358. The van der Waals surface area contributed by atoms with Crippen molar-refractivity contribution in [3.8, 4) is 0 Å². The summed E-state index contributed by atoms with van der Waals surface area (Å²) in [5, 5.41) is 35.3. The Labute approximate surface area is 68.0 Å². The molecule has 3 atom stereocenters. The molecule has 0 saturated carbocycles. The number of carbonyl (C=O) groups is 1. The van der Waals surface area contributed by atoms with Crippen LogP contribution >= 0.6 is 0 Å². The Morgan fingerprint density at radius 3 is 2.33 bits per heavy atom. The van der Waals surface area contributed by atoms with Crippen molar-refractivity contribution in [2.75, 3.05) is 13.2 Å². The van der Waals surface area contributed by atoms with Gasteiger partial charge < -0.3 is 25.2 Å². The Morgan fingerprint density at radius 2 is 2.08 bits per heavy atom. The Hall–Kier alpha value is -0.530. The molecule has 1 rings (SSSR count). The maximum absolute atomic E-state index is 10.9. The average Bonchev–Trinajstić information content (AvgIpc) is 2.31. The van der Waals surface area contributed by atoms with Crippen LogP contribution in [-0.2, 0) is 9.53 Å². The fourth-order valence-electron chi connectivity index (χ4n) is 1.02. The minimum atomic E-state index is -2.26. The first-order valence-electron chi connectivity index (χ1n) is 3.39. The van der Waals surface area contributed by atoms with Crippen LogP contribution in [0.3, 0.4) is 0 Å². The van der Waals surface area contributed by atoms with E-state index in [1.807, 2.05) is 0 Å². The molecule has 12 heavy (non-hydrogen) atoms. The molecule has 0 aliphatic carbocycles. The molecular formula is C6H10O6. The summed E-state index contributed by atoms with van der Waals surface area (Å²) in [6.07, 6.45) is -3.04. The fraction of sp³-hybridized carbons (Fsp3) is 0.833. The highest BCUT2D eigenvalue weighted by atomic mass is 16.7. The van der Waals surface area contributed by atoms with Crippen LogP contribution in [0.5, 0.6) is 0 Å². The fourth-order valence-corrected chi connectivity index (χ4v) is 1.02. The Bertz CT molecular complexity index is 192. The summed E-state index contributed by atoms with van der Waals surface area (Å²) in [4.78, 5) is 10.9. The van der Waals surface area contributed by atoms with E-state index in [0.717, 1.165) is 0 Å². The highest BCUT2D eigenvalue weighted by Gasteiger charge is 2.52. The van der Waals surface area contributed by atoms with Crippen LogP contribution in [0, 0.1) is 0 Å². The normalized spacial score (nSPS) is 42.2. The van der Waals surface area contributed by atoms with Gasteiger partial charge in [-0.2, -0.15) is 0 Å². The second kappa shape index (κ2) is 3.08. The van der Waals surface area contributed by atoms with Gasteiger partial charge >= 0.3 is 0 Å². The number of rotatable bonds is 2. The summed E-state index contributed by atoms with van der Waals surface area (Å²) in [6, 6.07) is 0. The van der Waals surface area contributed by atoms with Crippen LogP contribution in [0.25, 0.3) is 0 Å². The molecule has 1 aliphatic rings. The standard InChI is InChI=1S/C6H10O6/c7-1-3-4(9)5(10)6(11,2-8)12-3/h3,5,7-8,10-11H,1-2H2/t3-,5+,6-/m1/s1. The molecular weight excluding hydrogens is 168 g/mol. The smallest absolute Gasteiger partial charge is 0.224 e. The van der Waals surface area contributed by atoms with Gasteiger partial charge in [-0.05, 0) is 0 Å². The molecule has 0 bridgehead atoms. The van der Waals surface area contributed by atoms with Gasteiger partial charge in [0.2, 0.25) is 5.79 Å². The predicted molar refractivity (Wildman–Crippen MR) is 35.0 cm³/mol. The predicted octanol–water partition coefficient (Wildman–Crippen LogP) is -3.01. The number of ether oxygens (including phenoxy) is 1. The summed E-state index contributed by atoms with van der Waals surface area (Å²) in [6.45, 7) is -1.52. The summed E-state index contributed by atoms with van der Waals surface area (Å²) >= 11 is 0. The van der Waals surface area contributed by atoms with E-state index < -0.39 is 37.0 Å². The first-order valence-corrected chi connectivity index (χ1v) is 3.39. The van der Waals surface area contributed by atoms with E-state index in [1.165, 1.54) is 0 Å². The molecule has 0 aromatic heterocycles. The highest BCUT2D eigenvalue weighted by molar-refractivity contribution is 5.90. The van der Waals surface area contributed by atoms with E-state index in [1.54, 1.807) is 0 Å². The van der Waals surface area contributed by atoms with Crippen molar-refractivity contribution in [1.82, 2.24) is 0 Å². The maximum Gasteiger partial charge on any atom is 0.224 e. The summed E-state index contributed by atoms with van der Waals surface area (Å²) < 4.78 is 4.53. The lowest BCUT2D eigenvalue weighted by Crippen LogP contribution is -2.44. The number of aliphatic hydroxyl groups excluding tert-OH is 3. The van der Waals surface area contributed by atoms with Gasteiger partial charge in [-0.3, -0.25) is 4.79 Å². The first-order chi connectivity index (χ1) is 5.55. The van der Waals surface area contributed by atoms with Crippen LogP contribution in [0.4, 0.5) is 0 Å². The molecule has 0 aromatic rings. The van der Waals surface area contributed by atoms with Gasteiger partial charge in [0.15, 0.2) is 11.9 Å². The zero-order valence-corrected chi connectivity index (χ0v) is 6.17.